The normalized spacial score (nSPS) is 12.1. The molecule has 2 aromatic heterocycles. The lowest BCUT2D eigenvalue weighted by Gasteiger charge is -2.23. The van der Waals surface area contributed by atoms with Gasteiger partial charge in [0.2, 0.25) is 0 Å². The molecular formula is C40H28O2P2S2. The Morgan fingerprint density at radius 1 is 0.435 bits per heavy atom. The number of benzene rings is 6. The zero-order valence-electron chi connectivity index (χ0n) is 24.7. The Morgan fingerprint density at radius 2 is 0.891 bits per heavy atom. The molecule has 2 heterocycles. The van der Waals surface area contributed by atoms with Gasteiger partial charge in [-0.1, -0.05) is 152 Å². The van der Waals surface area contributed by atoms with Crippen molar-refractivity contribution in [3.05, 3.63) is 169 Å². The van der Waals surface area contributed by atoms with E-state index in [1.54, 1.807) is 22.7 Å². The predicted octanol–water partition coefficient (Wildman–Crippen LogP) is 9.06. The quantitative estimate of drug-likeness (QED) is 0.159. The molecule has 6 heteroatoms. The van der Waals surface area contributed by atoms with Crippen LogP contribution in [-0.4, -0.2) is 0 Å². The van der Waals surface area contributed by atoms with Crippen molar-refractivity contribution in [3.8, 4) is 11.1 Å². The highest BCUT2D eigenvalue weighted by molar-refractivity contribution is 7.90. The van der Waals surface area contributed by atoms with Crippen LogP contribution in [0.3, 0.4) is 0 Å². The van der Waals surface area contributed by atoms with Crippen LogP contribution in [0.4, 0.5) is 0 Å². The third-order valence-corrected chi connectivity index (χ3v) is 17.4. The fourth-order valence-electron chi connectivity index (χ4n) is 6.39. The van der Waals surface area contributed by atoms with Crippen LogP contribution in [0.25, 0.3) is 31.3 Å². The summed E-state index contributed by atoms with van der Waals surface area (Å²) in [6.07, 6.45) is 0. The summed E-state index contributed by atoms with van der Waals surface area (Å²) in [5.41, 5.74) is 1.94. The first-order chi connectivity index (χ1) is 22.6. The molecule has 6 aromatic carbocycles. The summed E-state index contributed by atoms with van der Waals surface area (Å²) in [5, 5.41) is 8.08. The maximum atomic E-state index is 16.1. The summed E-state index contributed by atoms with van der Waals surface area (Å²) in [6.45, 7) is 0. The fraction of sp³-hybridized carbons (Fsp3) is 0. The molecule has 0 saturated heterocycles. The van der Waals surface area contributed by atoms with Gasteiger partial charge in [0, 0.05) is 57.8 Å². The van der Waals surface area contributed by atoms with Gasteiger partial charge in [0.05, 0.1) is 4.62 Å². The molecule has 0 bridgehead atoms. The van der Waals surface area contributed by atoms with Gasteiger partial charge in [0.25, 0.3) is 0 Å². The largest absolute Gasteiger partial charge is 0.309 e. The van der Waals surface area contributed by atoms with E-state index < -0.39 is 14.3 Å². The summed E-state index contributed by atoms with van der Waals surface area (Å²) in [5.74, 6) is 0. The second-order valence-electron chi connectivity index (χ2n) is 11.1. The van der Waals surface area contributed by atoms with E-state index in [0.717, 1.165) is 62.4 Å². The van der Waals surface area contributed by atoms with Gasteiger partial charge in [-0.15, -0.1) is 22.7 Å². The second-order valence-corrected chi connectivity index (χ2v) is 18.8. The number of hydrogen-bond acceptors (Lipinski definition) is 4. The van der Waals surface area contributed by atoms with Crippen molar-refractivity contribution in [2.75, 3.05) is 0 Å². The average Bonchev–Trinajstić information content (AvgIpc) is 3.74. The number of rotatable bonds is 7. The maximum Gasteiger partial charge on any atom is 0.181 e. The van der Waals surface area contributed by atoms with Gasteiger partial charge in [0.1, 0.15) is 0 Å². The van der Waals surface area contributed by atoms with Crippen molar-refractivity contribution in [1.29, 1.82) is 0 Å². The van der Waals surface area contributed by atoms with Crippen LogP contribution >= 0.6 is 37.0 Å². The molecule has 0 atom stereocenters. The molecule has 0 spiro atoms. The second kappa shape index (κ2) is 11.8. The van der Waals surface area contributed by atoms with Crippen molar-refractivity contribution in [2.45, 2.75) is 0 Å². The highest BCUT2D eigenvalue weighted by Crippen LogP contribution is 2.54. The van der Waals surface area contributed by atoms with E-state index in [1.807, 2.05) is 133 Å². The first-order valence-electron chi connectivity index (χ1n) is 15.1. The highest BCUT2D eigenvalue weighted by Gasteiger charge is 2.39. The van der Waals surface area contributed by atoms with Gasteiger partial charge in [-0.3, -0.25) is 0 Å². The topological polar surface area (TPSA) is 34.1 Å². The fourth-order valence-corrected chi connectivity index (χ4v) is 15.2. The summed E-state index contributed by atoms with van der Waals surface area (Å²) >= 11 is 3.25. The standard InChI is InChI=1S/C40H28O2P2S2/c41-43(29-16-5-1-6-17-29,30-18-7-2-8-19-30)35-25-15-27-37-39(35)38(34-28-45-36-26-14-13-24-33(34)36)40(46-37)44(42,31-20-9-3-10-21-31)32-22-11-4-12-23-32/h1-28H. The minimum atomic E-state index is -3.39. The molecule has 2 nitrogen and oxygen atoms in total. The van der Waals surface area contributed by atoms with Gasteiger partial charge in [0.15, 0.2) is 14.3 Å². The smallest absolute Gasteiger partial charge is 0.181 e. The Labute approximate surface area is 276 Å². The lowest BCUT2D eigenvalue weighted by molar-refractivity contribution is 0.592. The van der Waals surface area contributed by atoms with Crippen molar-refractivity contribution in [2.24, 2.45) is 0 Å². The SMILES string of the molecule is O=P(c1ccccc1)(c1ccccc1)c1sc2cccc(P(=O)(c3ccccc3)c3ccccc3)c2c1-c1csc2ccccc12. The lowest BCUT2D eigenvalue weighted by Crippen LogP contribution is -2.26. The molecule has 0 unspecified atom stereocenters. The average molecular weight is 667 g/mol. The Morgan fingerprint density at radius 3 is 1.43 bits per heavy atom. The minimum absolute atomic E-state index is 0.767. The molecular weight excluding hydrogens is 639 g/mol. The molecule has 0 saturated carbocycles. The van der Waals surface area contributed by atoms with Crippen molar-refractivity contribution >= 4 is 88.3 Å². The molecule has 0 fully saturated rings. The van der Waals surface area contributed by atoms with Crippen LogP contribution in [0, 0.1) is 0 Å². The van der Waals surface area contributed by atoms with Crippen LogP contribution in [0.2, 0.25) is 0 Å². The van der Waals surface area contributed by atoms with Gasteiger partial charge < -0.3 is 9.13 Å². The van der Waals surface area contributed by atoms with Crippen LogP contribution in [0.5, 0.6) is 0 Å². The van der Waals surface area contributed by atoms with Gasteiger partial charge in [-0.05, 0) is 17.5 Å². The highest BCUT2D eigenvalue weighted by atomic mass is 32.1. The minimum Gasteiger partial charge on any atom is -0.309 e. The lowest BCUT2D eigenvalue weighted by atomic mass is 10.0. The zero-order chi connectivity index (χ0) is 31.1. The van der Waals surface area contributed by atoms with Gasteiger partial charge >= 0.3 is 0 Å². The third kappa shape index (κ3) is 4.60. The number of thiophene rings is 2. The van der Waals surface area contributed by atoms with E-state index in [0.29, 0.717) is 0 Å². The van der Waals surface area contributed by atoms with Crippen LogP contribution in [-0.2, 0) is 9.13 Å². The molecule has 8 rings (SSSR count). The molecule has 0 aliphatic heterocycles. The molecule has 222 valence electrons. The van der Waals surface area contributed by atoms with Crippen LogP contribution < -0.4 is 31.1 Å². The Hall–Kier alpha value is -4.30. The van der Waals surface area contributed by atoms with Gasteiger partial charge in [-0.2, -0.15) is 0 Å². The van der Waals surface area contributed by atoms with E-state index in [4.69, 9.17) is 0 Å². The molecule has 0 radical (unpaired) electrons. The monoisotopic (exact) mass is 666 g/mol. The first kappa shape index (κ1) is 29.1. The maximum absolute atomic E-state index is 16.1. The predicted molar refractivity (Wildman–Crippen MR) is 201 cm³/mol. The van der Waals surface area contributed by atoms with Crippen LogP contribution in [0.15, 0.2) is 169 Å². The number of hydrogen-bond donors (Lipinski definition) is 0. The van der Waals surface area contributed by atoms with E-state index in [-0.39, 0.29) is 0 Å². The molecule has 8 aromatic rings. The number of fused-ring (bicyclic) bond motifs is 2. The van der Waals surface area contributed by atoms with E-state index in [1.165, 1.54) is 0 Å². The van der Waals surface area contributed by atoms with E-state index in [9.17, 15) is 0 Å². The third-order valence-electron chi connectivity index (χ3n) is 8.53. The van der Waals surface area contributed by atoms with Crippen molar-refractivity contribution < 1.29 is 9.13 Å². The Balaban J connectivity index is 1.56. The van der Waals surface area contributed by atoms with Gasteiger partial charge in [-0.25, -0.2) is 0 Å². The summed E-state index contributed by atoms with van der Waals surface area (Å²) in [4.78, 5) is 0. The molecule has 0 amide bonds. The molecule has 0 aliphatic carbocycles. The Bertz CT molecular complexity index is 2330. The van der Waals surface area contributed by atoms with Crippen molar-refractivity contribution in [3.63, 3.8) is 0 Å². The summed E-state index contributed by atoms with van der Waals surface area (Å²) in [6, 6.07) is 53.8. The first-order valence-corrected chi connectivity index (χ1v) is 20.2. The van der Waals surface area contributed by atoms with E-state index >= 15 is 9.13 Å². The Kier molecular flexibility index (Phi) is 7.48. The van der Waals surface area contributed by atoms with Crippen molar-refractivity contribution in [1.82, 2.24) is 0 Å². The summed E-state index contributed by atoms with van der Waals surface area (Å²) in [7, 11) is -6.76. The zero-order valence-corrected chi connectivity index (χ0v) is 28.1. The molecule has 0 N–H and O–H groups in total. The summed E-state index contributed by atoms with van der Waals surface area (Å²) < 4.78 is 35.0. The molecule has 46 heavy (non-hydrogen) atoms. The van der Waals surface area contributed by atoms with E-state index in [2.05, 4.69) is 35.7 Å². The molecule has 0 aliphatic rings. The van der Waals surface area contributed by atoms with Crippen LogP contribution in [0.1, 0.15) is 0 Å².